The van der Waals surface area contributed by atoms with Crippen LogP contribution >= 0.6 is 23.4 Å². The van der Waals surface area contributed by atoms with Crippen molar-refractivity contribution in [1.82, 2.24) is 5.16 Å². The van der Waals surface area contributed by atoms with E-state index >= 15 is 0 Å². The minimum Gasteiger partial charge on any atom is -0.361 e. The number of aryl methyl sites for hydroxylation is 2. The predicted octanol–water partition coefficient (Wildman–Crippen LogP) is 4.34. The molecule has 1 heterocycles. The van der Waals surface area contributed by atoms with E-state index in [0.717, 1.165) is 17.0 Å². The average molecular weight is 343 g/mol. The first-order valence-electron chi connectivity index (χ1n) is 6.67. The van der Waals surface area contributed by atoms with Gasteiger partial charge in [-0.25, -0.2) is 4.39 Å². The van der Waals surface area contributed by atoms with E-state index in [9.17, 15) is 9.18 Å². The number of anilines is 1. The van der Waals surface area contributed by atoms with E-state index in [0.29, 0.717) is 11.4 Å². The van der Waals surface area contributed by atoms with E-state index < -0.39 is 5.82 Å². The van der Waals surface area contributed by atoms with Gasteiger partial charge in [0.05, 0.1) is 16.0 Å². The van der Waals surface area contributed by atoms with E-state index in [-0.39, 0.29) is 16.2 Å². The highest BCUT2D eigenvalue weighted by Crippen LogP contribution is 2.24. The molecule has 1 N–H and O–H groups in total. The number of rotatable bonds is 5. The molecule has 0 spiro atoms. The largest absolute Gasteiger partial charge is 0.361 e. The molecule has 0 bridgehead atoms. The lowest BCUT2D eigenvalue weighted by atomic mass is 10.2. The van der Waals surface area contributed by atoms with E-state index in [1.165, 1.54) is 30.0 Å². The summed E-state index contributed by atoms with van der Waals surface area (Å²) in [6, 6.07) is 4.09. The van der Waals surface area contributed by atoms with E-state index in [4.69, 9.17) is 16.1 Å². The van der Waals surface area contributed by atoms with Gasteiger partial charge in [-0.05, 0) is 39.0 Å². The third-order valence-electron chi connectivity index (χ3n) is 3.22. The lowest BCUT2D eigenvalue weighted by molar-refractivity contribution is -0.115. The van der Waals surface area contributed by atoms with Crippen LogP contribution in [0.5, 0.6) is 0 Å². The lowest BCUT2D eigenvalue weighted by Gasteiger charge is -2.12. The Morgan fingerprint density at radius 2 is 2.23 bits per heavy atom. The standard InChI is InChI=1S/C15H16ClFN2O2S/c1-8-12(9(2)21-19-8)7-22-10(3)15(20)18-11-4-5-14(17)13(16)6-11/h4-6,10H,7H2,1-3H3,(H,18,20). The number of hydrogen-bond acceptors (Lipinski definition) is 4. The van der Waals surface area contributed by atoms with Gasteiger partial charge < -0.3 is 9.84 Å². The molecule has 0 aliphatic rings. The topological polar surface area (TPSA) is 55.1 Å². The summed E-state index contributed by atoms with van der Waals surface area (Å²) < 4.78 is 18.2. The van der Waals surface area contributed by atoms with Crippen LogP contribution in [0.2, 0.25) is 5.02 Å². The van der Waals surface area contributed by atoms with Crippen molar-refractivity contribution in [3.05, 3.63) is 46.1 Å². The smallest absolute Gasteiger partial charge is 0.237 e. The predicted molar refractivity (Wildman–Crippen MR) is 86.8 cm³/mol. The molecule has 1 amide bonds. The first-order valence-corrected chi connectivity index (χ1v) is 8.10. The van der Waals surface area contributed by atoms with Crippen LogP contribution in [0.15, 0.2) is 22.7 Å². The average Bonchev–Trinajstić information content (AvgIpc) is 2.79. The molecule has 0 saturated carbocycles. The number of hydrogen-bond donors (Lipinski definition) is 1. The molecule has 0 fully saturated rings. The SMILES string of the molecule is Cc1noc(C)c1CSC(C)C(=O)Nc1ccc(F)c(Cl)c1. The van der Waals surface area contributed by atoms with Gasteiger partial charge in [0.2, 0.25) is 5.91 Å². The molecule has 0 aliphatic carbocycles. The molecule has 118 valence electrons. The lowest BCUT2D eigenvalue weighted by Crippen LogP contribution is -2.22. The van der Waals surface area contributed by atoms with Gasteiger partial charge in [0.15, 0.2) is 0 Å². The Hall–Kier alpha value is -1.53. The summed E-state index contributed by atoms with van der Waals surface area (Å²) in [5.74, 6) is 0.725. The summed E-state index contributed by atoms with van der Waals surface area (Å²) in [5.41, 5.74) is 2.32. The first kappa shape index (κ1) is 16.8. The molecule has 22 heavy (non-hydrogen) atoms. The first-order chi connectivity index (χ1) is 10.4. The Balaban J connectivity index is 1.93. The molecule has 2 rings (SSSR count). The number of carbonyl (C=O) groups is 1. The summed E-state index contributed by atoms with van der Waals surface area (Å²) in [5, 5.41) is 6.31. The van der Waals surface area contributed by atoms with Gasteiger partial charge in [-0.1, -0.05) is 16.8 Å². The van der Waals surface area contributed by atoms with Gasteiger partial charge in [0.1, 0.15) is 11.6 Å². The Bertz CT molecular complexity index is 671. The molecule has 1 aromatic carbocycles. The minimum absolute atomic E-state index is 0.0196. The maximum absolute atomic E-state index is 13.1. The molecule has 1 aromatic heterocycles. The quantitative estimate of drug-likeness (QED) is 0.878. The van der Waals surface area contributed by atoms with Gasteiger partial charge in [-0.3, -0.25) is 4.79 Å². The summed E-state index contributed by atoms with van der Waals surface area (Å²) in [7, 11) is 0. The zero-order valence-corrected chi connectivity index (χ0v) is 14.0. The molecule has 4 nitrogen and oxygen atoms in total. The van der Waals surface area contributed by atoms with Crippen molar-refractivity contribution in [3.8, 4) is 0 Å². The van der Waals surface area contributed by atoms with Crippen LogP contribution in [0.25, 0.3) is 0 Å². The molecular formula is C15H16ClFN2O2S. The van der Waals surface area contributed by atoms with Crippen molar-refractivity contribution < 1.29 is 13.7 Å². The third-order valence-corrected chi connectivity index (χ3v) is 4.67. The number of aromatic nitrogens is 1. The zero-order valence-electron chi connectivity index (χ0n) is 12.4. The van der Waals surface area contributed by atoms with Crippen molar-refractivity contribution >= 4 is 35.0 Å². The normalized spacial score (nSPS) is 12.2. The fraction of sp³-hybridized carbons (Fsp3) is 0.333. The Morgan fingerprint density at radius 1 is 1.50 bits per heavy atom. The van der Waals surface area contributed by atoms with Crippen LogP contribution in [0.4, 0.5) is 10.1 Å². The van der Waals surface area contributed by atoms with Gasteiger partial charge in [-0.2, -0.15) is 0 Å². The van der Waals surface area contributed by atoms with Crippen molar-refractivity contribution in [3.63, 3.8) is 0 Å². The second-order valence-electron chi connectivity index (χ2n) is 4.87. The van der Waals surface area contributed by atoms with Crippen molar-refractivity contribution in [2.75, 3.05) is 5.32 Å². The Morgan fingerprint density at radius 3 is 2.82 bits per heavy atom. The monoisotopic (exact) mass is 342 g/mol. The number of nitrogens with one attached hydrogen (secondary N) is 1. The van der Waals surface area contributed by atoms with E-state index in [2.05, 4.69) is 10.5 Å². The number of thioether (sulfide) groups is 1. The van der Waals surface area contributed by atoms with Crippen LogP contribution in [-0.4, -0.2) is 16.3 Å². The highest BCUT2D eigenvalue weighted by Gasteiger charge is 2.17. The summed E-state index contributed by atoms with van der Waals surface area (Å²) in [4.78, 5) is 12.1. The molecule has 0 aliphatic heterocycles. The number of nitrogens with zero attached hydrogens (tertiary/aromatic N) is 1. The van der Waals surface area contributed by atoms with Crippen molar-refractivity contribution in [2.24, 2.45) is 0 Å². The third kappa shape index (κ3) is 4.01. The molecule has 7 heteroatoms. The zero-order chi connectivity index (χ0) is 16.3. The van der Waals surface area contributed by atoms with Crippen molar-refractivity contribution in [1.29, 1.82) is 0 Å². The van der Waals surface area contributed by atoms with Crippen molar-refractivity contribution in [2.45, 2.75) is 31.8 Å². The molecule has 1 unspecified atom stereocenters. The molecular weight excluding hydrogens is 327 g/mol. The Labute approximate surface area is 137 Å². The number of halogens is 2. The van der Waals surface area contributed by atoms with Crippen LogP contribution in [-0.2, 0) is 10.5 Å². The van der Waals surface area contributed by atoms with E-state index in [1.807, 2.05) is 20.8 Å². The van der Waals surface area contributed by atoms with Gasteiger partial charge in [0.25, 0.3) is 0 Å². The molecule has 1 atom stereocenters. The maximum Gasteiger partial charge on any atom is 0.237 e. The maximum atomic E-state index is 13.1. The highest BCUT2D eigenvalue weighted by molar-refractivity contribution is 7.99. The summed E-state index contributed by atoms with van der Waals surface area (Å²) in [6.45, 7) is 5.53. The second kappa shape index (κ2) is 7.15. The van der Waals surface area contributed by atoms with Gasteiger partial charge >= 0.3 is 0 Å². The highest BCUT2D eigenvalue weighted by atomic mass is 35.5. The number of benzene rings is 1. The van der Waals surface area contributed by atoms with Crippen LogP contribution in [0, 0.1) is 19.7 Å². The Kier molecular flexibility index (Phi) is 5.47. The summed E-state index contributed by atoms with van der Waals surface area (Å²) in [6.07, 6.45) is 0. The fourth-order valence-electron chi connectivity index (χ4n) is 1.81. The fourth-order valence-corrected chi connectivity index (χ4v) is 3.03. The number of carbonyl (C=O) groups excluding carboxylic acids is 1. The van der Waals surface area contributed by atoms with Gasteiger partial charge in [-0.15, -0.1) is 11.8 Å². The molecule has 2 aromatic rings. The second-order valence-corrected chi connectivity index (χ2v) is 6.61. The van der Waals surface area contributed by atoms with E-state index in [1.54, 1.807) is 0 Å². The molecule has 0 radical (unpaired) electrons. The molecule has 0 saturated heterocycles. The minimum atomic E-state index is -0.513. The van der Waals surface area contributed by atoms with Crippen LogP contribution < -0.4 is 5.32 Å². The summed E-state index contributed by atoms with van der Waals surface area (Å²) >= 11 is 7.17. The van der Waals surface area contributed by atoms with Crippen LogP contribution in [0.1, 0.15) is 23.9 Å². The van der Waals surface area contributed by atoms with Crippen LogP contribution in [0.3, 0.4) is 0 Å². The van der Waals surface area contributed by atoms with Gasteiger partial charge in [0, 0.05) is 17.0 Å². The number of amides is 1.